The fraction of sp³-hybridized carbons (Fsp3) is 0.417. The van der Waals surface area contributed by atoms with E-state index in [1.165, 1.54) is 11.8 Å². The molecule has 1 atom stereocenters. The van der Waals surface area contributed by atoms with Gasteiger partial charge in [-0.25, -0.2) is 0 Å². The van der Waals surface area contributed by atoms with E-state index in [2.05, 4.69) is 5.32 Å². The van der Waals surface area contributed by atoms with Crippen molar-refractivity contribution in [3.8, 4) is 5.75 Å². The van der Waals surface area contributed by atoms with E-state index in [9.17, 15) is 9.59 Å². The SMILES string of the molecule is COc1cccc(CN(C(=O)CSCc2ccc(Cl)c(Cl)c2)[C@H](C)C(=O)NC(C)(C)C)c1. The predicted molar refractivity (Wildman–Crippen MR) is 134 cm³/mol. The van der Waals surface area contributed by atoms with Crippen molar-refractivity contribution in [1.82, 2.24) is 10.2 Å². The smallest absolute Gasteiger partial charge is 0.242 e. The first-order valence-electron chi connectivity index (χ1n) is 10.3. The maximum atomic E-state index is 13.2. The van der Waals surface area contributed by atoms with E-state index in [0.29, 0.717) is 28.1 Å². The zero-order chi connectivity index (χ0) is 23.9. The summed E-state index contributed by atoms with van der Waals surface area (Å²) in [5, 5.41) is 3.95. The third-order valence-corrected chi connectivity index (χ3v) is 6.36. The van der Waals surface area contributed by atoms with Gasteiger partial charge in [-0.2, -0.15) is 0 Å². The van der Waals surface area contributed by atoms with Crippen molar-refractivity contribution in [2.24, 2.45) is 0 Å². The second-order valence-corrected chi connectivity index (χ2v) is 10.3. The van der Waals surface area contributed by atoms with Crippen LogP contribution in [0, 0.1) is 0 Å². The summed E-state index contributed by atoms with van der Waals surface area (Å²) >= 11 is 13.5. The van der Waals surface area contributed by atoms with Gasteiger partial charge < -0.3 is 15.0 Å². The molecule has 0 heterocycles. The zero-order valence-electron chi connectivity index (χ0n) is 19.1. The molecular weight excluding hydrogens is 467 g/mol. The van der Waals surface area contributed by atoms with Crippen LogP contribution in [0.15, 0.2) is 42.5 Å². The van der Waals surface area contributed by atoms with Gasteiger partial charge in [-0.05, 0) is 63.1 Å². The van der Waals surface area contributed by atoms with Crippen molar-refractivity contribution in [3.05, 3.63) is 63.6 Å². The van der Waals surface area contributed by atoms with E-state index in [1.54, 1.807) is 31.1 Å². The minimum absolute atomic E-state index is 0.116. The molecule has 0 saturated carbocycles. The molecule has 2 aromatic rings. The molecule has 0 bridgehead atoms. The van der Waals surface area contributed by atoms with E-state index >= 15 is 0 Å². The van der Waals surface area contributed by atoms with Crippen LogP contribution < -0.4 is 10.1 Å². The van der Waals surface area contributed by atoms with Crippen LogP contribution in [0.2, 0.25) is 10.0 Å². The molecule has 0 aromatic heterocycles. The molecular formula is C24H30Cl2N2O3S. The first-order valence-corrected chi connectivity index (χ1v) is 12.2. The molecule has 0 saturated heterocycles. The van der Waals surface area contributed by atoms with E-state index in [1.807, 2.05) is 51.1 Å². The highest BCUT2D eigenvalue weighted by Crippen LogP contribution is 2.25. The maximum absolute atomic E-state index is 13.2. The highest BCUT2D eigenvalue weighted by Gasteiger charge is 2.28. The molecule has 2 amide bonds. The second kappa shape index (κ2) is 11.8. The quantitative estimate of drug-likeness (QED) is 0.492. The summed E-state index contributed by atoms with van der Waals surface area (Å²) in [4.78, 5) is 27.6. The van der Waals surface area contributed by atoms with Gasteiger partial charge in [0.25, 0.3) is 0 Å². The fourth-order valence-electron chi connectivity index (χ4n) is 2.99. The Bertz CT molecular complexity index is 947. The van der Waals surface area contributed by atoms with Gasteiger partial charge in [-0.1, -0.05) is 41.4 Å². The van der Waals surface area contributed by atoms with Crippen LogP contribution in [0.25, 0.3) is 0 Å². The number of amides is 2. The van der Waals surface area contributed by atoms with Crippen LogP contribution in [0.4, 0.5) is 0 Å². The lowest BCUT2D eigenvalue weighted by Crippen LogP contribution is -2.52. The molecule has 0 radical (unpaired) electrons. The van der Waals surface area contributed by atoms with Crippen LogP contribution in [-0.2, 0) is 21.9 Å². The lowest BCUT2D eigenvalue weighted by Gasteiger charge is -2.31. The molecule has 0 fully saturated rings. The van der Waals surface area contributed by atoms with Crippen molar-refractivity contribution >= 4 is 46.8 Å². The molecule has 8 heteroatoms. The summed E-state index contributed by atoms with van der Waals surface area (Å²) in [6.45, 7) is 7.81. The Morgan fingerprint density at radius 2 is 1.81 bits per heavy atom. The van der Waals surface area contributed by atoms with Crippen molar-refractivity contribution in [3.63, 3.8) is 0 Å². The summed E-state index contributed by atoms with van der Waals surface area (Å²) < 4.78 is 5.30. The fourth-order valence-corrected chi connectivity index (χ4v) is 4.17. The molecule has 0 unspecified atom stereocenters. The number of halogens is 2. The number of carbonyl (C=O) groups excluding carboxylic acids is 2. The number of hydrogen-bond acceptors (Lipinski definition) is 4. The summed E-state index contributed by atoms with van der Waals surface area (Å²) in [5.41, 5.74) is 1.48. The van der Waals surface area contributed by atoms with Crippen LogP contribution in [-0.4, -0.2) is 41.2 Å². The zero-order valence-corrected chi connectivity index (χ0v) is 21.4. The molecule has 32 heavy (non-hydrogen) atoms. The number of nitrogens with one attached hydrogen (secondary N) is 1. The molecule has 0 spiro atoms. The lowest BCUT2D eigenvalue weighted by atomic mass is 10.1. The highest BCUT2D eigenvalue weighted by atomic mass is 35.5. The van der Waals surface area contributed by atoms with Crippen LogP contribution in [0.3, 0.4) is 0 Å². The average molecular weight is 497 g/mol. The molecule has 174 valence electrons. The Kier molecular flexibility index (Phi) is 9.74. The third kappa shape index (κ3) is 8.23. The molecule has 5 nitrogen and oxygen atoms in total. The lowest BCUT2D eigenvalue weighted by molar-refractivity contribution is -0.139. The summed E-state index contributed by atoms with van der Waals surface area (Å²) in [7, 11) is 1.60. The number of rotatable bonds is 9. The van der Waals surface area contributed by atoms with Crippen molar-refractivity contribution in [2.45, 2.75) is 51.6 Å². The predicted octanol–water partition coefficient (Wildman–Crippen LogP) is 5.57. The van der Waals surface area contributed by atoms with Gasteiger partial charge in [-0.3, -0.25) is 9.59 Å². The number of methoxy groups -OCH3 is 1. The highest BCUT2D eigenvalue weighted by molar-refractivity contribution is 7.99. The van der Waals surface area contributed by atoms with Crippen LogP contribution >= 0.6 is 35.0 Å². The van der Waals surface area contributed by atoms with E-state index in [0.717, 1.165) is 11.1 Å². The van der Waals surface area contributed by atoms with Gasteiger partial charge in [-0.15, -0.1) is 11.8 Å². The topological polar surface area (TPSA) is 58.6 Å². The molecule has 0 aliphatic carbocycles. The average Bonchev–Trinajstić information content (AvgIpc) is 2.73. The van der Waals surface area contributed by atoms with Gasteiger partial charge in [0.2, 0.25) is 11.8 Å². The van der Waals surface area contributed by atoms with Crippen molar-refractivity contribution in [2.75, 3.05) is 12.9 Å². The molecule has 2 aromatic carbocycles. The van der Waals surface area contributed by atoms with E-state index in [-0.39, 0.29) is 17.6 Å². The number of hydrogen-bond donors (Lipinski definition) is 1. The number of nitrogens with zero attached hydrogens (tertiary/aromatic N) is 1. The van der Waals surface area contributed by atoms with Gasteiger partial charge in [0, 0.05) is 17.8 Å². The Morgan fingerprint density at radius 1 is 1.09 bits per heavy atom. The van der Waals surface area contributed by atoms with Crippen LogP contribution in [0.5, 0.6) is 5.75 Å². The third-order valence-electron chi connectivity index (χ3n) is 4.63. The summed E-state index contributed by atoms with van der Waals surface area (Å²) in [6.07, 6.45) is 0. The molecule has 1 N–H and O–H groups in total. The Balaban J connectivity index is 2.13. The largest absolute Gasteiger partial charge is 0.497 e. The van der Waals surface area contributed by atoms with Gasteiger partial charge in [0.15, 0.2) is 0 Å². The van der Waals surface area contributed by atoms with Gasteiger partial charge >= 0.3 is 0 Å². The molecule has 0 aliphatic heterocycles. The second-order valence-electron chi connectivity index (χ2n) is 8.53. The molecule has 2 rings (SSSR count). The number of ether oxygens (including phenoxy) is 1. The Hall–Kier alpha value is -1.89. The molecule has 0 aliphatic rings. The first kappa shape index (κ1) is 26.4. The monoisotopic (exact) mass is 496 g/mol. The van der Waals surface area contributed by atoms with Gasteiger partial charge in [0.05, 0.1) is 22.9 Å². The van der Waals surface area contributed by atoms with Crippen LogP contribution in [0.1, 0.15) is 38.8 Å². The summed E-state index contributed by atoms with van der Waals surface area (Å²) in [5.74, 6) is 1.24. The minimum atomic E-state index is -0.626. The first-order chi connectivity index (χ1) is 15.0. The maximum Gasteiger partial charge on any atom is 0.242 e. The Labute approximate surface area is 204 Å². The van der Waals surface area contributed by atoms with E-state index < -0.39 is 11.6 Å². The normalized spacial score (nSPS) is 12.2. The number of carbonyl (C=O) groups is 2. The number of thioether (sulfide) groups is 1. The Morgan fingerprint density at radius 3 is 2.44 bits per heavy atom. The van der Waals surface area contributed by atoms with Gasteiger partial charge in [0.1, 0.15) is 11.8 Å². The van der Waals surface area contributed by atoms with Crippen molar-refractivity contribution < 1.29 is 14.3 Å². The van der Waals surface area contributed by atoms with Crippen molar-refractivity contribution in [1.29, 1.82) is 0 Å². The summed E-state index contributed by atoms with van der Waals surface area (Å²) in [6, 6.07) is 12.3. The standard InChI is InChI=1S/C24H30Cl2N2O3S/c1-16(23(30)27-24(2,3)4)28(13-17-7-6-8-19(11-17)31-5)22(29)15-32-14-18-9-10-20(25)21(26)12-18/h6-12,16H,13-15H2,1-5H3,(H,27,30)/t16-/m1/s1. The number of benzene rings is 2. The minimum Gasteiger partial charge on any atom is -0.497 e. The van der Waals surface area contributed by atoms with E-state index in [4.69, 9.17) is 27.9 Å².